The van der Waals surface area contributed by atoms with Crippen molar-refractivity contribution in [3.63, 3.8) is 0 Å². The fourth-order valence-corrected chi connectivity index (χ4v) is 4.70. The van der Waals surface area contributed by atoms with Crippen LogP contribution in [0, 0.1) is 11.3 Å². The number of anilines is 1. The number of nitriles is 1. The molecule has 1 aliphatic heterocycles. The van der Waals surface area contributed by atoms with Gasteiger partial charge in [-0.15, -0.1) is 11.3 Å². The summed E-state index contributed by atoms with van der Waals surface area (Å²) in [6.45, 7) is 1.84. The molecule has 7 heteroatoms. The lowest BCUT2D eigenvalue weighted by Crippen LogP contribution is -2.48. The number of thiazole rings is 1. The second-order valence-corrected chi connectivity index (χ2v) is 8.04. The van der Waals surface area contributed by atoms with Crippen molar-refractivity contribution in [3.05, 3.63) is 46.5 Å². The molecule has 1 aromatic carbocycles. The van der Waals surface area contributed by atoms with E-state index in [9.17, 15) is 4.79 Å². The molecule has 0 saturated carbocycles. The molecule has 4 rings (SSSR count). The van der Waals surface area contributed by atoms with Crippen LogP contribution < -0.4 is 15.5 Å². The first-order valence-electron chi connectivity index (χ1n) is 9.47. The minimum absolute atomic E-state index is 0.0249. The number of benzene rings is 1. The summed E-state index contributed by atoms with van der Waals surface area (Å²) < 4.78 is 0. The van der Waals surface area contributed by atoms with Crippen LogP contribution in [0.4, 0.5) is 9.93 Å². The van der Waals surface area contributed by atoms with Crippen molar-refractivity contribution in [2.24, 2.45) is 0 Å². The number of aromatic nitrogens is 1. The Morgan fingerprint density at radius 1 is 1.26 bits per heavy atom. The van der Waals surface area contributed by atoms with Gasteiger partial charge in [-0.05, 0) is 55.4 Å². The smallest absolute Gasteiger partial charge is 0.315 e. The van der Waals surface area contributed by atoms with Crippen LogP contribution in [0.5, 0.6) is 0 Å². The number of hydrogen-bond donors (Lipinski definition) is 2. The third kappa shape index (κ3) is 4.06. The molecule has 1 saturated heterocycles. The molecule has 6 nitrogen and oxygen atoms in total. The molecule has 1 aromatic heterocycles. The Labute approximate surface area is 163 Å². The lowest BCUT2D eigenvalue weighted by molar-refractivity contribution is 0.229. The highest BCUT2D eigenvalue weighted by Gasteiger charge is 2.25. The molecule has 2 N–H and O–H groups in total. The van der Waals surface area contributed by atoms with E-state index in [2.05, 4.69) is 26.6 Å². The summed E-state index contributed by atoms with van der Waals surface area (Å²) >= 11 is 1.66. The predicted octanol–water partition coefficient (Wildman–Crippen LogP) is 3.36. The SMILES string of the molecule is N#Cc1ccc2c(c1)CCCC2NC(=O)NC1CCN(c2nccs2)CC1. The summed E-state index contributed by atoms with van der Waals surface area (Å²) in [4.78, 5) is 19.2. The Morgan fingerprint density at radius 3 is 2.85 bits per heavy atom. The first-order chi connectivity index (χ1) is 13.2. The quantitative estimate of drug-likeness (QED) is 0.854. The van der Waals surface area contributed by atoms with E-state index in [1.165, 1.54) is 5.56 Å². The standard InChI is InChI=1S/C20H23N5OS/c21-13-14-4-5-17-15(12-14)2-1-3-18(17)24-19(26)23-16-6-9-25(10-7-16)20-22-8-11-27-20/h4-5,8,11-12,16,18H,1-3,6-7,9-10H2,(H2,23,24,26). The number of rotatable bonds is 3. The van der Waals surface area contributed by atoms with Crippen LogP contribution in [0.2, 0.25) is 0 Å². The molecule has 0 spiro atoms. The van der Waals surface area contributed by atoms with Gasteiger partial charge in [0.05, 0.1) is 17.7 Å². The van der Waals surface area contributed by atoms with Gasteiger partial charge in [0.15, 0.2) is 5.13 Å². The van der Waals surface area contributed by atoms with Crippen molar-refractivity contribution in [3.8, 4) is 6.07 Å². The van der Waals surface area contributed by atoms with Crippen molar-refractivity contribution in [2.45, 2.75) is 44.2 Å². The molecule has 1 aliphatic carbocycles. The number of urea groups is 1. The van der Waals surface area contributed by atoms with Crippen LogP contribution in [0.3, 0.4) is 0 Å². The Balaban J connectivity index is 1.31. The Bertz CT molecular complexity index is 837. The van der Waals surface area contributed by atoms with E-state index in [-0.39, 0.29) is 18.1 Å². The molecule has 1 unspecified atom stereocenters. The summed E-state index contributed by atoms with van der Waals surface area (Å²) in [5, 5.41) is 18.4. The lowest BCUT2D eigenvalue weighted by atomic mass is 9.87. The second-order valence-electron chi connectivity index (χ2n) is 7.16. The van der Waals surface area contributed by atoms with Gasteiger partial charge >= 0.3 is 6.03 Å². The zero-order chi connectivity index (χ0) is 18.6. The number of amides is 2. The monoisotopic (exact) mass is 381 g/mol. The molecule has 2 amide bonds. The second kappa shape index (κ2) is 7.97. The van der Waals surface area contributed by atoms with Gasteiger partial charge in [0.2, 0.25) is 0 Å². The molecule has 1 fully saturated rings. The average Bonchev–Trinajstić information content (AvgIpc) is 3.23. The number of carbonyl (C=O) groups excluding carboxylic acids is 1. The zero-order valence-electron chi connectivity index (χ0n) is 15.1. The first kappa shape index (κ1) is 17.8. The molecule has 27 heavy (non-hydrogen) atoms. The molecule has 2 heterocycles. The largest absolute Gasteiger partial charge is 0.348 e. The van der Waals surface area contributed by atoms with E-state index < -0.39 is 0 Å². The van der Waals surface area contributed by atoms with Crippen LogP contribution in [-0.2, 0) is 6.42 Å². The van der Waals surface area contributed by atoms with Gasteiger partial charge in [-0.3, -0.25) is 0 Å². The van der Waals surface area contributed by atoms with Crippen LogP contribution in [0.15, 0.2) is 29.8 Å². The fourth-order valence-electron chi connectivity index (χ4n) is 4.01. The molecule has 0 radical (unpaired) electrons. The maximum absolute atomic E-state index is 12.5. The third-order valence-corrected chi connectivity index (χ3v) is 6.24. The van der Waals surface area contributed by atoms with E-state index in [1.807, 2.05) is 29.8 Å². The van der Waals surface area contributed by atoms with Gasteiger partial charge in [-0.2, -0.15) is 5.26 Å². The minimum Gasteiger partial charge on any atom is -0.348 e. The highest BCUT2D eigenvalue weighted by molar-refractivity contribution is 7.13. The van der Waals surface area contributed by atoms with E-state index in [1.54, 1.807) is 11.3 Å². The number of nitrogens with zero attached hydrogens (tertiary/aromatic N) is 3. The van der Waals surface area contributed by atoms with Gasteiger partial charge in [0.1, 0.15) is 0 Å². The predicted molar refractivity (Wildman–Crippen MR) is 106 cm³/mol. The van der Waals surface area contributed by atoms with Gasteiger partial charge in [0.25, 0.3) is 0 Å². The molecular weight excluding hydrogens is 358 g/mol. The number of nitrogens with one attached hydrogen (secondary N) is 2. The van der Waals surface area contributed by atoms with E-state index in [4.69, 9.17) is 5.26 Å². The zero-order valence-corrected chi connectivity index (χ0v) is 16.0. The number of hydrogen-bond acceptors (Lipinski definition) is 5. The van der Waals surface area contributed by atoms with Gasteiger partial charge in [-0.1, -0.05) is 6.07 Å². The Morgan fingerprint density at radius 2 is 2.11 bits per heavy atom. The summed E-state index contributed by atoms with van der Waals surface area (Å²) in [5.74, 6) is 0. The van der Waals surface area contributed by atoms with Crippen LogP contribution in [-0.4, -0.2) is 30.1 Å². The van der Waals surface area contributed by atoms with Crippen LogP contribution in [0.25, 0.3) is 0 Å². The normalized spacial score (nSPS) is 19.8. The van der Waals surface area contributed by atoms with Gasteiger partial charge < -0.3 is 15.5 Å². The first-order valence-corrected chi connectivity index (χ1v) is 10.4. The fraction of sp³-hybridized carbons (Fsp3) is 0.450. The Kier molecular flexibility index (Phi) is 5.26. The summed E-state index contributed by atoms with van der Waals surface area (Å²) in [6.07, 6.45) is 6.63. The molecule has 0 bridgehead atoms. The summed E-state index contributed by atoms with van der Waals surface area (Å²) in [5.41, 5.74) is 3.02. The van der Waals surface area contributed by atoms with Gasteiger partial charge in [0, 0.05) is 30.7 Å². The molecule has 2 aromatic rings. The van der Waals surface area contributed by atoms with Crippen LogP contribution >= 0.6 is 11.3 Å². The average molecular weight is 382 g/mol. The summed E-state index contributed by atoms with van der Waals surface area (Å²) in [6, 6.07) is 8.11. The molecule has 1 atom stereocenters. The highest BCUT2D eigenvalue weighted by Crippen LogP contribution is 2.30. The van der Waals surface area contributed by atoms with Crippen molar-refractivity contribution >= 4 is 22.5 Å². The van der Waals surface area contributed by atoms with Crippen molar-refractivity contribution in [1.29, 1.82) is 5.26 Å². The number of piperidine rings is 1. The lowest BCUT2D eigenvalue weighted by Gasteiger charge is -2.33. The van der Waals surface area contributed by atoms with Crippen molar-refractivity contribution < 1.29 is 4.79 Å². The number of fused-ring (bicyclic) bond motifs is 1. The molecule has 2 aliphatic rings. The number of carbonyl (C=O) groups is 1. The maximum Gasteiger partial charge on any atom is 0.315 e. The van der Waals surface area contributed by atoms with E-state index >= 15 is 0 Å². The van der Waals surface area contributed by atoms with Crippen molar-refractivity contribution in [1.82, 2.24) is 15.6 Å². The van der Waals surface area contributed by atoms with Crippen molar-refractivity contribution in [2.75, 3.05) is 18.0 Å². The molecule has 140 valence electrons. The van der Waals surface area contributed by atoms with Gasteiger partial charge in [-0.25, -0.2) is 9.78 Å². The Hall–Kier alpha value is -2.59. The van der Waals surface area contributed by atoms with E-state index in [0.717, 1.165) is 55.9 Å². The molecular formula is C20H23N5OS. The minimum atomic E-state index is -0.0927. The maximum atomic E-state index is 12.5. The van der Waals surface area contributed by atoms with E-state index in [0.29, 0.717) is 5.56 Å². The summed E-state index contributed by atoms with van der Waals surface area (Å²) in [7, 11) is 0. The third-order valence-electron chi connectivity index (χ3n) is 5.41. The number of aryl methyl sites for hydroxylation is 1. The topological polar surface area (TPSA) is 81.0 Å². The van der Waals surface area contributed by atoms with Crippen LogP contribution in [0.1, 0.15) is 48.4 Å². The highest BCUT2D eigenvalue weighted by atomic mass is 32.1.